The number of carboxylic acid groups (broad SMARTS) is 1. The quantitative estimate of drug-likeness (QED) is 0.610. The lowest BCUT2D eigenvalue weighted by Crippen LogP contribution is -2.34. The standard InChI is InChI=1S/C6H10.C2H4O2.C2H6/c1-2-6-4-3-5(1)6;1-2(3)4;1-2/h5-6H,1-4H2;1H3,(H,3,4);1-2H3. The molecule has 0 spiro atoms. The summed E-state index contributed by atoms with van der Waals surface area (Å²) >= 11 is 0. The Morgan fingerprint density at radius 2 is 1.25 bits per heavy atom. The number of rotatable bonds is 0. The average molecular weight is 172 g/mol. The third-order valence-electron chi connectivity index (χ3n) is 2.48. The molecule has 2 aliphatic carbocycles. The molecule has 2 fully saturated rings. The van der Waals surface area contributed by atoms with Crippen LogP contribution in [0.4, 0.5) is 0 Å². The number of aliphatic carboxylic acids is 1. The molecule has 0 amide bonds. The highest BCUT2D eigenvalue weighted by atomic mass is 16.4. The van der Waals surface area contributed by atoms with E-state index in [2.05, 4.69) is 0 Å². The van der Waals surface area contributed by atoms with E-state index in [1.54, 1.807) is 25.7 Å². The monoisotopic (exact) mass is 172 g/mol. The van der Waals surface area contributed by atoms with E-state index in [1.807, 2.05) is 13.8 Å². The van der Waals surface area contributed by atoms with E-state index in [0.29, 0.717) is 0 Å². The maximum absolute atomic E-state index is 9.00. The van der Waals surface area contributed by atoms with Gasteiger partial charge in [-0.25, -0.2) is 0 Å². The third-order valence-corrected chi connectivity index (χ3v) is 2.48. The molecule has 0 heterocycles. The second kappa shape index (κ2) is 6.04. The summed E-state index contributed by atoms with van der Waals surface area (Å²) in [7, 11) is 0. The van der Waals surface area contributed by atoms with Gasteiger partial charge >= 0.3 is 0 Å². The molecule has 2 saturated carbocycles. The highest BCUT2D eigenvalue weighted by Crippen LogP contribution is 2.49. The van der Waals surface area contributed by atoms with Crippen molar-refractivity contribution in [1.82, 2.24) is 0 Å². The Balaban J connectivity index is 0.000000181. The summed E-state index contributed by atoms with van der Waals surface area (Å²) < 4.78 is 0. The van der Waals surface area contributed by atoms with Crippen molar-refractivity contribution in [2.45, 2.75) is 46.5 Å². The maximum atomic E-state index is 9.00. The Labute approximate surface area is 75.0 Å². The largest absolute Gasteiger partial charge is 0.481 e. The van der Waals surface area contributed by atoms with E-state index >= 15 is 0 Å². The summed E-state index contributed by atoms with van der Waals surface area (Å²) in [6.45, 7) is 5.08. The van der Waals surface area contributed by atoms with Crippen LogP contribution in [-0.4, -0.2) is 11.1 Å². The van der Waals surface area contributed by atoms with Gasteiger partial charge in [0, 0.05) is 6.92 Å². The Bertz CT molecular complexity index is 110. The van der Waals surface area contributed by atoms with Gasteiger partial charge in [0.25, 0.3) is 5.97 Å². The molecule has 0 atom stereocenters. The molecule has 0 saturated heterocycles. The van der Waals surface area contributed by atoms with Crippen molar-refractivity contribution in [1.29, 1.82) is 0 Å². The van der Waals surface area contributed by atoms with E-state index in [1.165, 1.54) is 11.8 Å². The van der Waals surface area contributed by atoms with Crippen LogP contribution in [0.1, 0.15) is 46.5 Å². The summed E-state index contributed by atoms with van der Waals surface area (Å²) in [5, 5.41) is 7.42. The van der Waals surface area contributed by atoms with Crippen LogP contribution in [0.15, 0.2) is 0 Å². The van der Waals surface area contributed by atoms with Gasteiger partial charge in [-0.15, -0.1) is 0 Å². The van der Waals surface area contributed by atoms with Gasteiger partial charge < -0.3 is 5.11 Å². The van der Waals surface area contributed by atoms with Crippen molar-refractivity contribution < 1.29 is 9.90 Å². The summed E-state index contributed by atoms with van der Waals surface area (Å²) in [5.41, 5.74) is 0. The lowest BCUT2D eigenvalue weighted by molar-refractivity contribution is -0.134. The molecule has 0 aromatic rings. The molecular weight excluding hydrogens is 152 g/mol. The molecule has 2 nitrogen and oxygen atoms in total. The second-order valence-electron chi connectivity index (χ2n) is 3.19. The van der Waals surface area contributed by atoms with Crippen LogP contribution >= 0.6 is 0 Å². The molecule has 0 bridgehead atoms. The van der Waals surface area contributed by atoms with Gasteiger partial charge in [-0.2, -0.15) is 0 Å². The maximum Gasteiger partial charge on any atom is 0.300 e. The molecular formula is C10H20O2. The normalized spacial score (nSPS) is 28.6. The zero-order chi connectivity index (χ0) is 9.56. The average Bonchev–Trinajstić information content (AvgIpc) is 2.00. The van der Waals surface area contributed by atoms with Crippen molar-refractivity contribution in [3.05, 3.63) is 0 Å². The minimum Gasteiger partial charge on any atom is -0.481 e. The molecule has 2 aliphatic rings. The molecule has 72 valence electrons. The molecule has 0 aliphatic heterocycles. The molecule has 0 unspecified atom stereocenters. The van der Waals surface area contributed by atoms with Crippen LogP contribution in [0.25, 0.3) is 0 Å². The summed E-state index contributed by atoms with van der Waals surface area (Å²) in [4.78, 5) is 9.00. The predicted octanol–water partition coefficient (Wildman–Crippen LogP) is 2.92. The van der Waals surface area contributed by atoms with E-state index in [-0.39, 0.29) is 0 Å². The molecule has 0 aromatic carbocycles. The topological polar surface area (TPSA) is 37.3 Å². The third kappa shape index (κ3) is 3.74. The Kier molecular flexibility index (Phi) is 5.77. The zero-order valence-electron chi connectivity index (χ0n) is 8.34. The van der Waals surface area contributed by atoms with Crippen molar-refractivity contribution in [2.75, 3.05) is 0 Å². The van der Waals surface area contributed by atoms with Crippen molar-refractivity contribution in [2.24, 2.45) is 11.8 Å². The fraction of sp³-hybridized carbons (Fsp3) is 0.900. The smallest absolute Gasteiger partial charge is 0.300 e. The fourth-order valence-electron chi connectivity index (χ4n) is 1.56. The first kappa shape index (κ1) is 11.5. The van der Waals surface area contributed by atoms with E-state index in [0.717, 1.165) is 6.92 Å². The number of hydrogen-bond donors (Lipinski definition) is 1. The molecule has 2 rings (SSSR count). The van der Waals surface area contributed by atoms with Crippen LogP contribution in [0, 0.1) is 11.8 Å². The van der Waals surface area contributed by atoms with Gasteiger partial charge in [0.2, 0.25) is 0 Å². The fourth-order valence-corrected chi connectivity index (χ4v) is 1.56. The number of carboxylic acids is 1. The van der Waals surface area contributed by atoms with Gasteiger partial charge in [-0.05, 0) is 37.5 Å². The minimum atomic E-state index is -0.833. The first-order valence-electron chi connectivity index (χ1n) is 4.89. The number of fused-ring (bicyclic) bond motifs is 1. The first-order valence-corrected chi connectivity index (χ1v) is 4.89. The molecule has 1 N–H and O–H groups in total. The minimum absolute atomic E-state index is 0.833. The zero-order valence-corrected chi connectivity index (χ0v) is 8.34. The van der Waals surface area contributed by atoms with Gasteiger partial charge in [-0.3, -0.25) is 4.79 Å². The van der Waals surface area contributed by atoms with Gasteiger partial charge in [-0.1, -0.05) is 13.8 Å². The van der Waals surface area contributed by atoms with Gasteiger partial charge in [0.05, 0.1) is 0 Å². The molecule has 2 heteroatoms. The Morgan fingerprint density at radius 1 is 1.08 bits per heavy atom. The Morgan fingerprint density at radius 3 is 1.25 bits per heavy atom. The number of hydrogen-bond acceptors (Lipinski definition) is 1. The van der Waals surface area contributed by atoms with E-state index < -0.39 is 5.97 Å². The van der Waals surface area contributed by atoms with Crippen molar-refractivity contribution >= 4 is 5.97 Å². The van der Waals surface area contributed by atoms with Crippen LogP contribution in [0.3, 0.4) is 0 Å². The lowest BCUT2D eigenvalue weighted by Gasteiger charge is -2.46. The van der Waals surface area contributed by atoms with Crippen LogP contribution in [0.2, 0.25) is 0 Å². The van der Waals surface area contributed by atoms with E-state index in [4.69, 9.17) is 9.90 Å². The Hall–Kier alpha value is -0.530. The van der Waals surface area contributed by atoms with Crippen LogP contribution in [0.5, 0.6) is 0 Å². The molecule has 0 aromatic heterocycles. The van der Waals surface area contributed by atoms with Crippen LogP contribution < -0.4 is 0 Å². The summed E-state index contributed by atoms with van der Waals surface area (Å²) in [6.07, 6.45) is 6.24. The molecule has 0 radical (unpaired) electrons. The number of carbonyl (C=O) groups is 1. The van der Waals surface area contributed by atoms with Crippen molar-refractivity contribution in [3.63, 3.8) is 0 Å². The van der Waals surface area contributed by atoms with Crippen LogP contribution in [-0.2, 0) is 4.79 Å². The van der Waals surface area contributed by atoms with Gasteiger partial charge in [0.1, 0.15) is 0 Å². The van der Waals surface area contributed by atoms with E-state index in [9.17, 15) is 0 Å². The SMILES string of the molecule is C1CC2CCC12.CC.CC(=O)O. The summed E-state index contributed by atoms with van der Waals surface area (Å²) in [6, 6.07) is 0. The lowest BCUT2D eigenvalue weighted by atomic mass is 9.60. The van der Waals surface area contributed by atoms with Crippen molar-refractivity contribution in [3.8, 4) is 0 Å². The van der Waals surface area contributed by atoms with Gasteiger partial charge in [0.15, 0.2) is 0 Å². The summed E-state index contributed by atoms with van der Waals surface area (Å²) in [5.74, 6) is 1.59. The highest BCUT2D eigenvalue weighted by molar-refractivity contribution is 5.62. The molecule has 12 heavy (non-hydrogen) atoms. The second-order valence-corrected chi connectivity index (χ2v) is 3.19. The predicted molar refractivity (Wildman–Crippen MR) is 50.1 cm³/mol. The first-order chi connectivity index (χ1) is 5.70. The highest BCUT2D eigenvalue weighted by Gasteiger charge is 2.37.